The van der Waals surface area contributed by atoms with E-state index in [1.54, 1.807) is 0 Å². The van der Waals surface area contributed by atoms with E-state index in [0.717, 1.165) is 12.8 Å². The first-order chi connectivity index (χ1) is 7.51. The number of carbonyl (C=O) groups excluding carboxylic acids is 1. The number of aliphatic hydroxyl groups excluding tert-OH is 1. The van der Waals surface area contributed by atoms with Crippen molar-refractivity contribution in [3.8, 4) is 0 Å². The van der Waals surface area contributed by atoms with Gasteiger partial charge in [-0.1, -0.05) is 0 Å². The molecule has 1 fully saturated rings. The molecule has 0 aliphatic carbocycles. The van der Waals surface area contributed by atoms with Crippen LogP contribution >= 0.6 is 0 Å². The van der Waals surface area contributed by atoms with Crippen molar-refractivity contribution in [3.05, 3.63) is 0 Å². The van der Waals surface area contributed by atoms with Crippen LogP contribution < -0.4 is 0 Å². The Morgan fingerprint density at radius 1 is 1.56 bits per heavy atom. The first-order valence-electron chi connectivity index (χ1n) is 6.07. The van der Waals surface area contributed by atoms with E-state index in [1.807, 2.05) is 25.7 Å². The lowest BCUT2D eigenvalue weighted by Crippen LogP contribution is -2.50. The van der Waals surface area contributed by atoms with Gasteiger partial charge >= 0.3 is 0 Å². The van der Waals surface area contributed by atoms with Gasteiger partial charge in [0, 0.05) is 25.8 Å². The van der Waals surface area contributed by atoms with E-state index < -0.39 is 5.60 Å². The number of ether oxygens (including phenoxy) is 1. The summed E-state index contributed by atoms with van der Waals surface area (Å²) >= 11 is 0. The third-order valence-corrected chi connectivity index (χ3v) is 3.11. The molecule has 0 saturated carbocycles. The van der Waals surface area contributed by atoms with Gasteiger partial charge in [-0.05, 0) is 40.0 Å². The van der Waals surface area contributed by atoms with Crippen molar-refractivity contribution in [3.63, 3.8) is 0 Å². The van der Waals surface area contributed by atoms with Crippen molar-refractivity contribution in [2.45, 2.75) is 51.7 Å². The first-order valence-corrected chi connectivity index (χ1v) is 6.07. The fourth-order valence-corrected chi connectivity index (χ4v) is 2.09. The Labute approximate surface area is 97.6 Å². The molecule has 1 aliphatic rings. The van der Waals surface area contributed by atoms with Crippen molar-refractivity contribution in [2.75, 3.05) is 19.8 Å². The molecule has 94 valence electrons. The van der Waals surface area contributed by atoms with Crippen LogP contribution in [0.1, 0.15) is 40.0 Å². The summed E-state index contributed by atoms with van der Waals surface area (Å²) < 4.78 is 5.56. The maximum Gasteiger partial charge on any atom is 0.254 e. The van der Waals surface area contributed by atoms with Gasteiger partial charge < -0.3 is 14.7 Å². The Hall–Kier alpha value is -0.610. The number of hydrogen-bond donors (Lipinski definition) is 1. The second-order valence-electron chi connectivity index (χ2n) is 4.85. The topological polar surface area (TPSA) is 49.8 Å². The number of amides is 1. The Balaban J connectivity index is 2.66. The number of aliphatic hydroxyl groups is 1. The summed E-state index contributed by atoms with van der Waals surface area (Å²) in [5.41, 5.74) is -0.639. The van der Waals surface area contributed by atoms with Gasteiger partial charge in [-0.2, -0.15) is 0 Å². The van der Waals surface area contributed by atoms with Crippen LogP contribution in [0.2, 0.25) is 0 Å². The van der Waals surface area contributed by atoms with E-state index in [4.69, 9.17) is 9.84 Å². The predicted octanol–water partition coefficient (Wildman–Crippen LogP) is 1.17. The molecule has 1 rings (SSSR count). The standard InChI is InChI=1S/C12H23NO3/c1-10(2)13(7-5-8-14)11(15)12(3)6-4-9-16-12/h10,14H,4-9H2,1-3H3. The van der Waals surface area contributed by atoms with Crippen LogP contribution in [0.15, 0.2) is 0 Å². The van der Waals surface area contributed by atoms with Crippen molar-refractivity contribution in [1.82, 2.24) is 4.90 Å². The quantitative estimate of drug-likeness (QED) is 0.770. The van der Waals surface area contributed by atoms with Crippen molar-refractivity contribution >= 4 is 5.91 Å². The van der Waals surface area contributed by atoms with Crippen molar-refractivity contribution < 1.29 is 14.6 Å². The number of rotatable bonds is 5. The van der Waals surface area contributed by atoms with Gasteiger partial charge in [0.25, 0.3) is 5.91 Å². The molecule has 1 saturated heterocycles. The zero-order valence-electron chi connectivity index (χ0n) is 10.5. The van der Waals surface area contributed by atoms with Gasteiger partial charge in [0.15, 0.2) is 0 Å². The predicted molar refractivity (Wildman–Crippen MR) is 62.1 cm³/mol. The first kappa shape index (κ1) is 13.5. The third kappa shape index (κ3) is 2.95. The van der Waals surface area contributed by atoms with E-state index in [1.165, 1.54) is 0 Å². The van der Waals surface area contributed by atoms with Crippen LogP contribution in [0, 0.1) is 0 Å². The lowest BCUT2D eigenvalue weighted by molar-refractivity contribution is -0.153. The lowest BCUT2D eigenvalue weighted by atomic mass is 10.00. The number of carbonyl (C=O) groups is 1. The Morgan fingerprint density at radius 3 is 2.69 bits per heavy atom. The summed E-state index contributed by atoms with van der Waals surface area (Å²) in [6.45, 7) is 7.26. The summed E-state index contributed by atoms with van der Waals surface area (Å²) in [5.74, 6) is 0.0634. The highest BCUT2D eigenvalue weighted by Crippen LogP contribution is 2.28. The monoisotopic (exact) mass is 229 g/mol. The second kappa shape index (κ2) is 5.64. The summed E-state index contributed by atoms with van der Waals surface area (Å²) in [5, 5.41) is 8.84. The summed E-state index contributed by atoms with van der Waals surface area (Å²) in [4.78, 5) is 14.1. The molecular weight excluding hydrogens is 206 g/mol. The average Bonchev–Trinajstić information content (AvgIpc) is 2.66. The Kier molecular flexibility index (Phi) is 4.74. The molecule has 1 N–H and O–H groups in total. The van der Waals surface area contributed by atoms with Crippen LogP contribution in [0.4, 0.5) is 0 Å². The summed E-state index contributed by atoms with van der Waals surface area (Å²) in [7, 11) is 0. The molecule has 1 amide bonds. The normalized spacial score (nSPS) is 25.1. The number of nitrogens with zero attached hydrogens (tertiary/aromatic N) is 1. The van der Waals surface area contributed by atoms with Gasteiger partial charge in [-0.25, -0.2) is 0 Å². The molecule has 0 aromatic heterocycles. The van der Waals surface area contributed by atoms with E-state index >= 15 is 0 Å². The van der Waals surface area contributed by atoms with Crippen LogP contribution in [0.3, 0.4) is 0 Å². The smallest absolute Gasteiger partial charge is 0.254 e. The maximum absolute atomic E-state index is 12.3. The van der Waals surface area contributed by atoms with Crippen LogP contribution in [0.5, 0.6) is 0 Å². The van der Waals surface area contributed by atoms with E-state index in [0.29, 0.717) is 19.6 Å². The molecule has 1 atom stereocenters. The van der Waals surface area contributed by atoms with Gasteiger partial charge in [-0.15, -0.1) is 0 Å². The fourth-order valence-electron chi connectivity index (χ4n) is 2.09. The molecule has 0 spiro atoms. The highest BCUT2D eigenvalue weighted by Gasteiger charge is 2.41. The van der Waals surface area contributed by atoms with Crippen LogP contribution in [-0.4, -0.2) is 47.3 Å². The molecule has 0 bridgehead atoms. The maximum atomic E-state index is 12.3. The molecule has 0 aromatic rings. The molecule has 1 heterocycles. The highest BCUT2D eigenvalue weighted by molar-refractivity contribution is 5.85. The minimum atomic E-state index is -0.639. The zero-order valence-corrected chi connectivity index (χ0v) is 10.5. The van der Waals surface area contributed by atoms with Gasteiger partial charge in [0.2, 0.25) is 0 Å². The van der Waals surface area contributed by atoms with Gasteiger partial charge in [0.05, 0.1) is 0 Å². The molecule has 4 nitrogen and oxygen atoms in total. The summed E-state index contributed by atoms with van der Waals surface area (Å²) in [6.07, 6.45) is 2.38. The molecule has 0 radical (unpaired) electrons. The van der Waals surface area contributed by atoms with Gasteiger partial charge in [-0.3, -0.25) is 4.79 Å². The molecule has 4 heteroatoms. The van der Waals surface area contributed by atoms with Crippen LogP contribution in [0.25, 0.3) is 0 Å². The van der Waals surface area contributed by atoms with Crippen molar-refractivity contribution in [1.29, 1.82) is 0 Å². The van der Waals surface area contributed by atoms with Crippen molar-refractivity contribution in [2.24, 2.45) is 0 Å². The minimum absolute atomic E-state index is 0.0634. The minimum Gasteiger partial charge on any atom is -0.396 e. The van der Waals surface area contributed by atoms with E-state index in [9.17, 15) is 4.79 Å². The highest BCUT2D eigenvalue weighted by atomic mass is 16.5. The molecule has 1 aliphatic heterocycles. The van der Waals surface area contributed by atoms with Gasteiger partial charge in [0.1, 0.15) is 5.60 Å². The molecule has 0 aromatic carbocycles. The number of hydrogen-bond acceptors (Lipinski definition) is 3. The third-order valence-electron chi connectivity index (χ3n) is 3.11. The van der Waals surface area contributed by atoms with E-state index in [-0.39, 0.29) is 18.6 Å². The summed E-state index contributed by atoms with van der Waals surface area (Å²) in [6, 6.07) is 0.153. The zero-order chi connectivity index (χ0) is 12.2. The molecular formula is C12H23NO3. The Morgan fingerprint density at radius 2 is 2.25 bits per heavy atom. The van der Waals surface area contributed by atoms with Crippen LogP contribution in [-0.2, 0) is 9.53 Å². The lowest BCUT2D eigenvalue weighted by Gasteiger charge is -2.33. The SMILES string of the molecule is CC(C)N(CCCO)C(=O)C1(C)CCCO1. The average molecular weight is 229 g/mol. The largest absolute Gasteiger partial charge is 0.396 e. The fraction of sp³-hybridized carbons (Fsp3) is 0.917. The van der Waals surface area contributed by atoms with E-state index in [2.05, 4.69) is 0 Å². The Bertz CT molecular complexity index is 234. The molecule has 1 unspecified atom stereocenters. The second-order valence-corrected chi connectivity index (χ2v) is 4.85. The molecule has 16 heavy (non-hydrogen) atoms.